The molecule has 2 nitrogen and oxygen atoms in total. The van der Waals surface area contributed by atoms with Gasteiger partial charge >= 0.3 is 0 Å². The standard InChI is InChI=1S/C66H54N2/c1-65(2,3)51-28-38-61-57(41-51)58-42-52(66(4,5)6)29-39-62(58)68(61)60-37-27-48-24-34-55-59(36-26-47-25-35-56(60)64(48)63(47)55)67(53-30-20-45(21-31-53)43-14-9-7-10-15-43)54-32-22-46(23-33-54)50-19-13-18-49(40-50)44-16-11-8-12-17-44/h7-42H,1-6H3. The summed E-state index contributed by atoms with van der Waals surface area (Å²) in [6, 6.07) is 81.2. The van der Waals surface area contributed by atoms with Gasteiger partial charge in [-0.3, -0.25) is 0 Å². The average Bonchev–Trinajstić information content (AvgIpc) is 3.69. The number of fused-ring (bicyclic) bond motifs is 3. The molecule has 0 radical (unpaired) electrons. The Kier molecular flexibility index (Phi) is 9.67. The SMILES string of the molecule is CC(C)(C)c1ccc2c(c1)c1cc(C(C)(C)C)ccc1n2-c1ccc2ccc3c(N(c4ccc(-c5ccccc5)cc4)c4ccc(-c5cccc(-c6ccccc6)c5)cc4)ccc4ccc1c2c43. The molecule has 0 saturated carbocycles. The summed E-state index contributed by atoms with van der Waals surface area (Å²) in [6.45, 7) is 13.9. The molecule has 0 N–H and O–H groups in total. The highest BCUT2D eigenvalue weighted by Gasteiger charge is 2.24. The summed E-state index contributed by atoms with van der Waals surface area (Å²) in [5.74, 6) is 0. The van der Waals surface area contributed by atoms with Crippen molar-refractivity contribution in [2.75, 3.05) is 4.90 Å². The first-order valence-electron chi connectivity index (χ1n) is 24.0. The summed E-state index contributed by atoms with van der Waals surface area (Å²) in [6.07, 6.45) is 0. The van der Waals surface area contributed by atoms with Crippen LogP contribution < -0.4 is 4.90 Å². The third-order valence-electron chi connectivity index (χ3n) is 14.3. The molecule has 68 heavy (non-hydrogen) atoms. The lowest BCUT2D eigenvalue weighted by Gasteiger charge is -2.28. The minimum atomic E-state index is 0.0311. The monoisotopic (exact) mass is 874 g/mol. The zero-order valence-electron chi connectivity index (χ0n) is 39.7. The smallest absolute Gasteiger partial charge is 0.0541 e. The van der Waals surface area contributed by atoms with Crippen molar-refractivity contribution in [2.24, 2.45) is 0 Å². The summed E-state index contributed by atoms with van der Waals surface area (Å²) in [5.41, 5.74) is 17.0. The van der Waals surface area contributed by atoms with E-state index >= 15 is 0 Å². The van der Waals surface area contributed by atoms with Crippen LogP contribution in [0.4, 0.5) is 17.1 Å². The van der Waals surface area contributed by atoms with E-state index in [2.05, 4.69) is 269 Å². The van der Waals surface area contributed by atoms with E-state index in [4.69, 9.17) is 0 Å². The molecule has 0 fully saturated rings. The van der Waals surface area contributed by atoms with E-state index < -0.39 is 0 Å². The Balaban J connectivity index is 1.04. The van der Waals surface area contributed by atoms with E-state index in [1.807, 2.05) is 0 Å². The summed E-state index contributed by atoms with van der Waals surface area (Å²) in [5, 5.41) is 10.1. The van der Waals surface area contributed by atoms with Crippen LogP contribution in [0.2, 0.25) is 0 Å². The maximum absolute atomic E-state index is 2.52. The number of benzene rings is 11. The van der Waals surface area contributed by atoms with Gasteiger partial charge in [-0.25, -0.2) is 0 Å². The van der Waals surface area contributed by atoms with Gasteiger partial charge in [0.2, 0.25) is 0 Å². The van der Waals surface area contributed by atoms with Crippen molar-refractivity contribution in [2.45, 2.75) is 52.4 Å². The highest BCUT2D eigenvalue weighted by molar-refractivity contribution is 6.27. The van der Waals surface area contributed by atoms with Crippen molar-refractivity contribution in [1.29, 1.82) is 0 Å². The van der Waals surface area contributed by atoms with Crippen molar-refractivity contribution in [3.05, 3.63) is 230 Å². The molecule has 0 unspecified atom stereocenters. The normalized spacial score (nSPS) is 12.3. The van der Waals surface area contributed by atoms with Gasteiger partial charge < -0.3 is 9.47 Å². The third kappa shape index (κ3) is 7.02. The lowest BCUT2D eigenvalue weighted by atomic mass is 9.85. The van der Waals surface area contributed by atoms with Crippen molar-refractivity contribution < 1.29 is 0 Å². The first-order valence-corrected chi connectivity index (χ1v) is 24.0. The summed E-state index contributed by atoms with van der Waals surface area (Å²) in [4.78, 5) is 2.44. The van der Waals surface area contributed by atoms with Crippen LogP contribution >= 0.6 is 0 Å². The fraction of sp³-hybridized carbons (Fsp3) is 0.121. The predicted octanol–water partition coefficient (Wildman–Crippen LogP) is 18.7. The molecule has 0 amide bonds. The number of anilines is 3. The molecular formula is C66H54N2. The second-order valence-electron chi connectivity index (χ2n) is 20.6. The molecule has 11 aromatic carbocycles. The molecule has 1 heterocycles. The molecule has 0 spiro atoms. The molecule has 0 saturated heterocycles. The van der Waals surface area contributed by atoms with Crippen LogP contribution in [-0.4, -0.2) is 4.57 Å². The van der Waals surface area contributed by atoms with E-state index in [9.17, 15) is 0 Å². The van der Waals surface area contributed by atoms with Crippen LogP contribution in [0, 0.1) is 0 Å². The number of nitrogens with zero attached hydrogens (tertiary/aromatic N) is 2. The first-order chi connectivity index (χ1) is 33.0. The Morgan fingerprint density at radius 3 is 1.28 bits per heavy atom. The highest BCUT2D eigenvalue weighted by atomic mass is 15.1. The van der Waals surface area contributed by atoms with Crippen LogP contribution in [-0.2, 0) is 10.8 Å². The molecule has 0 aliphatic heterocycles. The molecule has 0 atom stereocenters. The van der Waals surface area contributed by atoms with Crippen molar-refractivity contribution in [3.63, 3.8) is 0 Å². The fourth-order valence-corrected chi connectivity index (χ4v) is 10.5. The Bertz CT molecular complexity index is 3750. The molecule has 0 aliphatic carbocycles. The molecular weight excluding hydrogens is 821 g/mol. The second-order valence-corrected chi connectivity index (χ2v) is 20.6. The molecule has 2 heteroatoms. The second kappa shape index (κ2) is 15.9. The quantitative estimate of drug-likeness (QED) is 0.145. The first kappa shape index (κ1) is 41.5. The molecule has 0 aliphatic rings. The van der Waals surface area contributed by atoms with E-state index in [1.54, 1.807) is 0 Å². The van der Waals surface area contributed by atoms with Crippen LogP contribution in [0.25, 0.3) is 93.2 Å². The van der Waals surface area contributed by atoms with Gasteiger partial charge in [0.15, 0.2) is 0 Å². The molecule has 12 aromatic rings. The Morgan fingerprint density at radius 2 is 0.750 bits per heavy atom. The van der Waals surface area contributed by atoms with Crippen LogP contribution in [0.3, 0.4) is 0 Å². The minimum Gasteiger partial charge on any atom is -0.310 e. The Labute approximate surface area is 399 Å². The summed E-state index contributed by atoms with van der Waals surface area (Å²) in [7, 11) is 0. The summed E-state index contributed by atoms with van der Waals surface area (Å²) < 4.78 is 2.52. The van der Waals surface area contributed by atoms with Gasteiger partial charge in [0.1, 0.15) is 0 Å². The van der Waals surface area contributed by atoms with Gasteiger partial charge in [-0.2, -0.15) is 0 Å². The zero-order valence-corrected chi connectivity index (χ0v) is 39.7. The number of hydrogen-bond acceptors (Lipinski definition) is 1. The average molecular weight is 875 g/mol. The predicted molar refractivity (Wildman–Crippen MR) is 293 cm³/mol. The maximum atomic E-state index is 2.52. The van der Waals surface area contributed by atoms with Crippen LogP contribution in [0.15, 0.2) is 218 Å². The lowest BCUT2D eigenvalue weighted by molar-refractivity contribution is 0.590. The van der Waals surface area contributed by atoms with Crippen LogP contribution in [0.5, 0.6) is 0 Å². The number of hydrogen-bond donors (Lipinski definition) is 0. The largest absolute Gasteiger partial charge is 0.310 e. The van der Waals surface area contributed by atoms with Gasteiger partial charge in [0.05, 0.1) is 22.4 Å². The van der Waals surface area contributed by atoms with Crippen molar-refractivity contribution >= 4 is 71.2 Å². The minimum absolute atomic E-state index is 0.0311. The van der Waals surface area contributed by atoms with Gasteiger partial charge in [-0.15, -0.1) is 0 Å². The number of rotatable bonds is 7. The molecule has 0 bridgehead atoms. The van der Waals surface area contributed by atoms with E-state index in [-0.39, 0.29) is 10.8 Å². The van der Waals surface area contributed by atoms with Gasteiger partial charge in [0.25, 0.3) is 0 Å². The topological polar surface area (TPSA) is 8.17 Å². The number of aromatic nitrogens is 1. The van der Waals surface area contributed by atoms with E-state index in [1.165, 1.54) is 104 Å². The summed E-state index contributed by atoms with van der Waals surface area (Å²) >= 11 is 0. The van der Waals surface area contributed by atoms with Crippen molar-refractivity contribution in [3.8, 4) is 39.1 Å². The Morgan fingerprint density at radius 1 is 0.324 bits per heavy atom. The van der Waals surface area contributed by atoms with Crippen LogP contribution in [0.1, 0.15) is 52.7 Å². The third-order valence-corrected chi connectivity index (χ3v) is 14.3. The molecule has 328 valence electrons. The van der Waals surface area contributed by atoms with E-state index in [0.29, 0.717) is 0 Å². The van der Waals surface area contributed by atoms with Gasteiger partial charge in [-0.05, 0) is 144 Å². The zero-order chi connectivity index (χ0) is 46.3. The fourth-order valence-electron chi connectivity index (χ4n) is 10.5. The van der Waals surface area contributed by atoms with Crippen molar-refractivity contribution in [1.82, 2.24) is 4.57 Å². The lowest BCUT2D eigenvalue weighted by Crippen LogP contribution is -2.10. The highest BCUT2D eigenvalue weighted by Crippen LogP contribution is 2.47. The maximum Gasteiger partial charge on any atom is 0.0541 e. The molecule has 12 rings (SSSR count). The van der Waals surface area contributed by atoms with Gasteiger partial charge in [-0.1, -0.05) is 193 Å². The van der Waals surface area contributed by atoms with Gasteiger partial charge in [0, 0.05) is 32.9 Å². The Hall–Kier alpha value is -7.94. The van der Waals surface area contributed by atoms with E-state index in [0.717, 1.165) is 17.1 Å². The molecule has 1 aromatic heterocycles.